The van der Waals surface area contributed by atoms with Crippen molar-refractivity contribution in [2.24, 2.45) is 5.41 Å². The molecule has 1 saturated heterocycles. The molecule has 0 aliphatic carbocycles. The third kappa shape index (κ3) is 3.01. The van der Waals surface area contributed by atoms with Crippen molar-refractivity contribution in [3.63, 3.8) is 0 Å². The van der Waals surface area contributed by atoms with Gasteiger partial charge >= 0.3 is 5.97 Å². The molecule has 0 aromatic heterocycles. The molecule has 6 heteroatoms. The van der Waals surface area contributed by atoms with E-state index >= 15 is 0 Å². The van der Waals surface area contributed by atoms with E-state index in [2.05, 4.69) is 5.32 Å². The molecule has 1 heterocycles. The normalized spacial score (nSPS) is 19.5. The first-order chi connectivity index (χ1) is 6.63. The van der Waals surface area contributed by atoms with Crippen LogP contribution >= 0.6 is 12.4 Å². The fourth-order valence-corrected chi connectivity index (χ4v) is 1.66. The van der Waals surface area contributed by atoms with Crippen LogP contribution in [0, 0.1) is 5.41 Å². The fourth-order valence-electron chi connectivity index (χ4n) is 1.66. The van der Waals surface area contributed by atoms with Crippen LogP contribution < -0.4 is 5.32 Å². The molecule has 0 aromatic carbocycles. The number of rotatable bonds is 3. The van der Waals surface area contributed by atoms with E-state index in [0.29, 0.717) is 13.1 Å². The molecule has 0 saturated carbocycles. The average molecular weight is 244 g/mol. The molecule has 0 spiro atoms. The summed E-state index contributed by atoms with van der Waals surface area (Å²) in [5, 5.41) is 2.95. The standard InChI is InChI=1S/C9H15F2NO2.ClH/c1-2-14-8(13)9(7(10)11)3-5-12-6-4-9;/h7,12H,2-6H2,1H3;1H. The van der Waals surface area contributed by atoms with Crippen molar-refractivity contribution in [3.05, 3.63) is 0 Å². The number of piperidine rings is 1. The highest BCUT2D eigenvalue weighted by atomic mass is 35.5. The lowest BCUT2D eigenvalue weighted by atomic mass is 9.79. The van der Waals surface area contributed by atoms with E-state index in [1.807, 2.05) is 0 Å². The van der Waals surface area contributed by atoms with Gasteiger partial charge in [-0.25, -0.2) is 8.78 Å². The largest absolute Gasteiger partial charge is 0.465 e. The molecule has 1 aliphatic heterocycles. The monoisotopic (exact) mass is 243 g/mol. The molecule has 0 bridgehead atoms. The van der Waals surface area contributed by atoms with Crippen molar-refractivity contribution in [1.29, 1.82) is 0 Å². The van der Waals surface area contributed by atoms with Crippen molar-refractivity contribution < 1.29 is 18.3 Å². The quantitative estimate of drug-likeness (QED) is 0.766. The molecule has 1 aliphatic rings. The highest BCUT2D eigenvalue weighted by Gasteiger charge is 2.49. The molecule has 3 nitrogen and oxygen atoms in total. The Hall–Kier alpha value is -0.420. The Morgan fingerprint density at radius 3 is 2.40 bits per heavy atom. The van der Waals surface area contributed by atoms with Crippen molar-refractivity contribution in [3.8, 4) is 0 Å². The molecular formula is C9H16ClF2NO2. The minimum Gasteiger partial charge on any atom is -0.465 e. The molecule has 0 aromatic rings. The van der Waals surface area contributed by atoms with Gasteiger partial charge in [-0.1, -0.05) is 0 Å². The Balaban J connectivity index is 0.00000196. The van der Waals surface area contributed by atoms with Gasteiger partial charge in [-0.2, -0.15) is 0 Å². The number of halogens is 3. The summed E-state index contributed by atoms with van der Waals surface area (Å²) in [6.45, 7) is 2.67. The highest BCUT2D eigenvalue weighted by Crippen LogP contribution is 2.36. The second-order valence-electron chi connectivity index (χ2n) is 3.43. The minimum atomic E-state index is -2.64. The number of esters is 1. The highest BCUT2D eigenvalue weighted by molar-refractivity contribution is 5.85. The Labute approximate surface area is 94.0 Å². The van der Waals surface area contributed by atoms with Gasteiger partial charge in [0.25, 0.3) is 6.43 Å². The predicted molar refractivity (Wildman–Crippen MR) is 54.4 cm³/mol. The maximum Gasteiger partial charge on any atom is 0.317 e. The van der Waals surface area contributed by atoms with E-state index < -0.39 is 17.8 Å². The predicted octanol–water partition coefficient (Wildman–Crippen LogP) is 1.61. The summed E-state index contributed by atoms with van der Waals surface area (Å²) < 4.78 is 30.3. The summed E-state index contributed by atoms with van der Waals surface area (Å²) in [6, 6.07) is 0. The summed E-state index contributed by atoms with van der Waals surface area (Å²) in [4.78, 5) is 11.4. The molecule has 0 radical (unpaired) electrons. The third-order valence-corrected chi connectivity index (χ3v) is 2.60. The van der Waals surface area contributed by atoms with Crippen LogP contribution in [0.15, 0.2) is 0 Å². The SMILES string of the molecule is CCOC(=O)C1(C(F)F)CCNCC1.Cl. The summed E-state index contributed by atoms with van der Waals surface area (Å²) >= 11 is 0. The summed E-state index contributed by atoms with van der Waals surface area (Å²) in [7, 11) is 0. The van der Waals surface area contributed by atoms with Gasteiger partial charge in [-0.3, -0.25) is 4.79 Å². The lowest BCUT2D eigenvalue weighted by Crippen LogP contribution is -2.47. The molecule has 0 atom stereocenters. The second-order valence-corrected chi connectivity index (χ2v) is 3.43. The first-order valence-electron chi connectivity index (χ1n) is 4.79. The van der Waals surface area contributed by atoms with Crippen molar-refractivity contribution in [2.45, 2.75) is 26.2 Å². The van der Waals surface area contributed by atoms with Crippen LogP contribution in [0.2, 0.25) is 0 Å². The summed E-state index contributed by atoms with van der Waals surface area (Å²) in [5.41, 5.74) is -1.57. The van der Waals surface area contributed by atoms with Gasteiger partial charge in [0.2, 0.25) is 0 Å². The Kier molecular flexibility index (Phi) is 6.05. The molecule has 15 heavy (non-hydrogen) atoms. The maximum absolute atomic E-state index is 12.8. The molecule has 0 amide bonds. The number of nitrogens with one attached hydrogen (secondary N) is 1. The summed E-state index contributed by atoms with van der Waals surface area (Å²) in [5.74, 6) is -0.753. The van der Waals surface area contributed by atoms with E-state index in [1.165, 1.54) is 0 Å². The number of ether oxygens (including phenoxy) is 1. The summed E-state index contributed by atoms with van der Waals surface area (Å²) in [6.07, 6.45) is -2.32. The van der Waals surface area contributed by atoms with Gasteiger partial charge in [0.05, 0.1) is 6.61 Å². The fraction of sp³-hybridized carbons (Fsp3) is 0.889. The third-order valence-electron chi connectivity index (χ3n) is 2.60. The molecule has 90 valence electrons. The number of hydrogen-bond donors (Lipinski definition) is 1. The Bertz CT molecular complexity index is 208. The van der Waals surface area contributed by atoms with Gasteiger partial charge in [-0.05, 0) is 32.9 Å². The van der Waals surface area contributed by atoms with Gasteiger partial charge in [0, 0.05) is 0 Å². The lowest BCUT2D eigenvalue weighted by molar-refractivity contribution is -0.168. The number of alkyl halides is 2. The van der Waals surface area contributed by atoms with Crippen LogP contribution in [-0.4, -0.2) is 32.1 Å². The Morgan fingerprint density at radius 1 is 1.47 bits per heavy atom. The number of hydrogen-bond acceptors (Lipinski definition) is 3. The van der Waals surface area contributed by atoms with E-state index in [0.717, 1.165) is 0 Å². The Morgan fingerprint density at radius 2 is 2.00 bits per heavy atom. The van der Waals surface area contributed by atoms with Gasteiger partial charge in [-0.15, -0.1) is 12.4 Å². The van der Waals surface area contributed by atoms with Crippen LogP contribution in [0.4, 0.5) is 8.78 Å². The van der Waals surface area contributed by atoms with Crippen LogP contribution in [0.5, 0.6) is 0 Å². The van der Waals surface area contributed by atoms with E-state index in [1.54, 1.807) is 6.92 Å². The molecular weight excluding hydrogens is 228 g/mol. The first kappa shape index (κ1) is 14.6. The smallest absolute Gasteiger partial charge is 0.317 e. The number of carbonyl (C=O) groups is 1. The zero-order chi connectivity index (χ0) is 10.6. The molecule has 1 N–H and O–H groups in total. The molecule has 1 rings (SSSR count). The van der Waals surface area contributed by atoms with Crippen molar-refractivity contribution in [1.82, 2.24) is 5.32 Å². The van der Waals surface area contributed by atoms with Gasteiger partial charge in [0.15, 0.2) is 0 Å². The first-order valence-corrected chi connectivity index (χ1v) is 4.79. The van der Waals surface area contributed by atoms with Crippen LogP contribution in [0.1, 0.15) is 19.8 Å². The zero-order valence-electron chi connectivity index (χ0n) is 8.59. The van der Waals surface area contributed by atoms with Crippen LogP contribution in [0.25, 0.3) is 0 Å². The maximum atomic E-state index is 12.8. The van der Waals surface area contributed by atoms with Gasteiger partial charge in [0.1, 0.15) is 5.41 Å². The molecule has 0 unspecified atom stereocenters. The minimum absolute atomic E-state index is 0. The average Bonchev–Trinajstić information content (AvgIpc) is 2.19. The van der Waals surface area contributed by atoms with E-state index in [9.17, 15) is 13.6 Å². The van der Waals surface area contributed by atoms with E-state index in [4.69, 9.17) is 4.74 Å². The van der Waals surface area contributed by atoms with Gasteiger partial charge < -0.3 is 10.1 Å². The lowest BCUT2D eigenvalue weighted by Gasteiger charge is -2.34. The topological polar surface area (TPSA) is 38.3 Å². The van der Waals surface area contributed by atoms with Crippen LogP contribution in [0.3, 0.4) is 0 Å². The second kappa shape index (κ2) is 6.23. The van der Waals surface area contributed by atoms with Crippen LogP contribution in [-0.2, 0) is 9.53 Å². The van der Waals surface area contributed by atoms with Crippen molar-refractivity contribution in [2.75, 3.05) is 19.7 Å². The van der Waals surface area contributed by atoms with E-state index in [-0.39, 0.29) is 31.9 Å². The molecule has 1 fully saturated rings. The zero-order valence-corrected chi connectivity index (χ0v) is 9.41. The van der Waals surface area contributed by atoms with Crippen molar-refractivity contribution >= 4 is 18.4 Å². The number of carbonyl (C=O) groups excluding carboxylic acids is 1.